The zero-order valence-corrected chi connectivity index (χ0v) is 13.7. The van der Waals surface area contributed by atoms with E-state index in [1.807, 2.05) is 0 Å². The molecule has 2 aromatic heterocycles. The van der Waals surface area contributed by atoms with Crippen LogP contribution in [0.2, 0.25) is 0 Å². The quantitative estimate of drug-likeness (QED) is 0.781. The van der Waals surface area contributed by atoms with Crippen LogP contribution in [-0.2, 0) is 6.42 Å². The Morgan fingerprint density at radius 3 is 2.72 bits per heavy atom. The number of hydrogen-bond donors (Lipinski definition) is 1. The van der Waals surface area contributed by atoms with Gasteiger partial charge in [0.1, 0.15) is 12.1 Å². The van der Waals surface area contributed by atoms with Crippen molar-refractivity contribution < 1.29 is 13.3 Å². The Morgan fingerprint density at radius 2 is 1.92 bits per heavy atom. The van der Waals surface area contributed by atoms with Crippen molar-refractivity contribution in [1.29, 1.82) is 0 Å². The van der Waals surface area contributed by atoms with Gasteiger partial charge in [-0.2, -0.15) is 4.98 Å². The number of rotatable bonds is 4. The minimum absolute atomic E-state index is 0.0826. The van der Waals surface area contributed by atoms with Crippen LogP contribution in [-0.4, -0.2) is 21.2 Å². The summed E-state index contributed by atoms with van der Waals surface area (Å²) in [6.45, 7) is 0. The van der Waals surface area contributed by atoms with Crippen molar-refractivity contribution in [3.8, 4) is 11.5 Å². The van der Waals surface area contributed by atoms with Crippen molar-refractivity contribution in [2.45, 2.75) is 44.1 Å². The Morgan fingerprint density at radius 1 is 1.12 bits per heavy atom. The first-order valence-electron chi connectivity index (χ1n) is 8.47. The Balaban J connectivity index is 1.47. The second-order valence-electron chi connectivity index (χ2n) is 6.43. The lowest BCUT2D eigenvalue weighted by atomic mass is 9.85. The third-order valence-electron chi connectivity index (χ3n) is 4.60. The summed E-state index contributed by atoms with van der Waals surface area (Å²) in [6.07, 6.45) is 6.25. The Hall–Kier alpha value is -2.54. The first-order valence-corrected chi connectivity index (χ1v) is 8.47. The van der Waals surface area contributed by atoms with Gasteiger partial charge in [-0.05, 0) is 37.1 Å². The van der Waals surface area contributed by atoms with Gasteiger partial charge in [-0.3, -0.25) is 0 Å². The van der Waals surface area contributed by atoms with E-state index in [1.165, 1.54) is 12.1 Å². The number of hydrogen-bond acceptors (Lipinski definition) is 6. The second kappa shape index (κ2) is 6.76. The fourth-order valence-corrected chi connectivity index (χ4v) is 3.23. The molecule has 0 radical (unpaired) electrons. The predicted molar refractivity (Wildman–Crippen MR) is 88.2 cm³/mol. The van der Waals surface area contributed by atoms with E-state index in [4.69, 9.17) is 14.7 Å². The van der Waals surface area contributed by atoms with E-state index in [0.29, 0.717) is 29.7 Å². The van der Waals surface area contributed by atoms with E-state index >= 15 is 0 Å². The molecule has 1 aromatic carbocycles. The van der Waals surface area contributed by atoms with Gasteiger partial charge >= 0.3 is 0 Å². The minimum Gasteiger partial charge on any atom is -0.444 e. The van der Waals surface area contributed by atoms with Crippen LogP contribution in [0.15, 0.2) is 39.5 Å². The zero-order valence-electron chi connectivity index (χ0n) is 13.7. The molecule has 1 aliphatic carbocycles. The molecule has 1 fully saturated rings. The largest absolute Gasteiger partial charge is 0.444 e. The lowest BCUT2D eigenvalue weighted by molar-refractivity contribution is 0.289. The lowest BCUT2D eigenvalue weighted by Gasteiger charge is -2.25. The molecule has 2 heterocycles. The molecule has 6 nitrogen and oxygen atoms in total. The Labute approximate surface area is 144 Å². The molecule has 1 aliphatic rings. The van der Waals surface area contributed by atoms with E-state index in [9.17, 15) is 4.39 Å². The van der Waals surface area contributed by atoms with Crippen LogP contribution in [0, 0.1) is 5.82 Å². The predicted octanol–water partition coefficient (Wildman–Crippen LogP) is 3.44. The molecule has 0 saturated heterocycles. The van der Waals surface area contributed by atoms with Crippen molar-refractivity contribution in [3.05, 3.63) is 53.8 Å². The molecule has 4 rings (SSSR count). The summed E-state index contributed by atoms with van der Waals surface area (Å²) < 4.78 is 23.9. The van der Waals surface area contributed by atoms with E-state index < -0.39 is 0 Å². The summed E-state index contributed by atoms with van der Waals surface area (Å²) in [7, 11) is 0. The average molecular weight is 342 g/mol. The third-order valence-corrected chi connectivity index (χ3v) is 4.60. The first kappa shape index (κ1) is 16.0. The van der Waals surface area contributed by atoms with Gasteiger partial charge in [0.25, 0.3) is 0 Å². The molecule has 0 amide bonds. The number of oxazole rings is 1. The number of nitrogens with two attached hydrogens (primary N) is 1. The average Bonchev–Trinajstić information content (AvgIpc) is 3.26. The molecule has 25 heavy (non-hydrogen) atoms. The fraction of sp³-hybridized carbons (Fsp3) is 0.389. The summed E-state index contributed by atoms with van der Waals surface area (Å²) in [5.41, 5.74) is 7.58. The summed E-state index contributed by atoms with van der Waals surface area (Å²) in [4.78, 5) is 8.89. The van der Waals surface area contributed by atoms with Gasteiger partial charge in [0, 0.05) is 11.6 Å². The Kier molecular flexibility index (Phi) is 4.31. The second-order valence-corrected chi connectivity index (χ2v) is 6.43. The molecule has 2 atom stereocenters. The summed E-state index contributed by atoms with van der Waals surface area (Å²) in [5, 5.41) is 4.04. The van der Waals surface area contributed by atoms with Crippen LogP contribution in [0.25, 0.3) is 11.5 Å². The molecule has 1 saturated carbocycles. The van der Waals surface area contributed by atoms with Crippen molar-refractivity contribution in [1.82, 2.24) is 15.1 Å². The maximum atomic E-state index is 13.0. The third kappa shape index (κ3) is 3.46. The first-order chi connectivity index (χ1) is 12.2. The van der Waals surface area contributed by atoms with Crippen LogP contribution in [0.1, 0.15) is 49.0 Å². The number of benzene rings is 1. The van der Waals surface area contributed by atoms with Gasteiger partial charge < -0.3 is 14.7 Å². The van der Waals surface area contributed by atoms with Crippen molar-refractivity contribution in [3.63, 3.8) is 0 Å². The SMILES string of the molecule is N[C@@H]1CCCC[C@@H]1c1nc(Cc2coc(-c3ccc(F)cc3)n2)no1. The molecule has 0 spiro atoms. The maximum absolute atomic E-state index is 13.0. The monoisotopic (exact) mass is 342 g/mol. The number of nitrogens with zero attached hydrogens (tertiary/aromatic N) is 3. The van der Waals surface area contributed by atoms with Crippen LogP contribution in [0.4, 0.5) is 4.39 Å². The van der Waals surface area contributed by atoms with Crippen molar-refractivity contribution >= 4 is 0 Å². The van der Waals surface area contributed by atoms with Crippen LogP contribution in [0.5, 0.6) is 0 Å². The fourth-order valence-electron chi connectivity index (χ4n) is 3.23. The Bertz CT molecular complexity index is 843. The van der Waals surface area contributed by atoms with E-state index in [0.717, 1.165) is 31.2 Å². The highest BCUT2D eigenvalue weighted by Gasteiger charge is 2.28. The van der Waals surface area contributed by atoms with Gasteiger partial charge in [-0.1, -0.05) is 18.0 Å². The molecular weight excluding hydrogens is 323 g/mol. The van der Waals surface area contributed by atoms with Gasteiger partial charge in [-0.25, -0.2) is 9.37 Å². The van der Waals surface area contributed by atoms with Crippen LogP contribution >= 0.6 is 0 Å². The highest BCUT2D eigenvalue weighted by Crippen LogP contribution is 2.31. The maximum Gasteiger partial charge on any atom is 0.231 e. The molecule has 0 bridgehead atoms. The molecular formula is C18H19FN4O2. The summed E-state index contributed by atoms with van der Waals surface area (Å²) in [5.74, 6) is 1.46. The van der Waals surface area contributed by atoms with Gasteiger partial charge in [0.05, 0.1) is 18.0 Å². The highest BCUT2D eigenvalue weighted by atomic mass is 19.1. The van der Waals surface area contributed by atoms with Crippen LogP contribution in [0.3, 0.4) is 0 Å². The van der Waals surface area contributed by atoms with E-state index in [2.05, 4.69) is 15.1 Å². The zero-order chi connectivity index (χ0) is 17.2. The van der Waals surface area contributed by atoms with E-state index in [1.54, 1.807) is 18.4 Å². The summed E-state index contributed by atoms with van der Waals surface area (Å²) >= 11 is 0. The molecule has 0 unspecified atom stereocenters. The molecule has 0 aliphatic heterocycles. The highest BCUT2D eigenvalue weighted by molar-refractivity contribution is 5.52. The topological polar surface area (TPSA) is 91.0 Å². The van der Waals surface area contributed by atoms with Crippen LogP contribution < -0.4 is 5.73 Å². The standard InChI is InChI=1S/C18H19FN4O2/c19-12-7-5-11(6-8-12)17-21-13(10-24-17)9-16-22-18(25-23-16)14-3-1-2-4-15(14)20/h5-8,10,14-15H,1-4,9,20H2/t14-,15+/m0/s1. The van der Waals surface area contributed by atoms with Gasteiger partial charge in [0.15, 0.2) is 5.82 Å². The minimum atomic E-state index is -0.296. The van der Waals surface area contributed by atoms with Gasteiger partial charge in [-0.15, -0.1) is 0 Å². The molecule has 2 N–H and O–H groups in total. The van der Waals surface area contributed by atoms with Crippen molar-refractivity contribution in [2.24, 2.45) is 5.73 Å². The number of aromatic nitrogens is 3. The smallest absolute Gasteiger partial charge is 0.231 e. The lowest BCUT2D eigenvalue weighted by Crippen LogP contribution is -2.31. The van der Waals surface area contributed by atoms with E-state index in [-0.39, 0.29) is 17.8 Å². The van der Waals surface area contributed by atoms with Crippen molar-refractivity contribution in [2.75, 3.05) is 0 Å². The molecule has 3 aromatic rings. The molecule has 130 valence electrons. The molecule has 7 heteroatoms. The normalized spacial score (nSPS) is 20.7. The summed E-state index contributed by atoms with van der Waals surface area (Å²) in [6, 6.07) is 6.08. The number of halogens is 1. The van der Waals surface area contributed by atoms with Gasteiger partial charge in [0.2, 0.25) is 11.8 Å².